The van der Waals surface area contributed by atoms with Gasteiger partial charge in [-0.05, 0) is 25.8 Å². The minimum Gasteiger partial charge on any atom is -0.480 e. The number of carboxylic acid groups (broad SMARTS) is 1. The molecule has 1 radical (unpaired) electrons. The van der Waals surface area contributed by atoms with Gasteiger partial charge in [0.2, 0.25) is 5.91 Å². The van der Waals surface area contributed by atoms with E-state index in [9.17, 15) is 14.7 Å². The highest BCUT2D eigenvalue weighted by molar-refractivity contribution is 5.83. The fourth-order valence-electron chi connectivity index (χ4n) is 0.986. The van der Waals surface area contributed by atoms with Crippen molar-refractivity contribution in [2.75, 3.05) is 13.2 Å². The summed E-state index contributed by atoms with van der Waals surface area (Å²) >= 11 is 0. The van der Waals surface area contributed by atoms with E-state index in [0.717, 1.165) is 0 Å². The summed E-state index contributed by atoms with van der Waals surface area (Å²) in [6.45, 7) is -0.456. The summed E-state index contributed by atoms with van der Waals surface area (Å²) in [5.41, 5.74) is 5.23. The molecule has 1 amide bonds. The lowest BCUT2D eigenvalue weighted by Gasteiger charge is -2.12. The van der Waals surface area contributed by atoms with Gasteiger partial charge in [0.25, 0.3) is 0 Å². The predicted molar refractivity (Wildman–Crippen MR) is 48.0 cm³/mol. The highest BCUT2D eigenvalue weighted by atomic mass is 16.4. The van der Waals surface area contributed by atoms with Crippen LogP contribution >= 0.6 is 0 Å². The van der Waals surface area contributed by atoms with Gasteiger partial charge < -0.3 is 16.2 Å². The molecule has 4 N–H and O–H groups in total. The lowest BCUT2D eigenvalue weighted by molar-refractivity contribution is -0.142. The molecular formula is C8H15N2O4. The normalized spacial score (nSPS) is 12.1. The van der Waals surface area contributed by atoms with Crippen LogP contribution in [0.4, 0.5) is 0 Å². The number of carboxylic acids is 1. The molecule has 1 atom stereocenters. The quantitative estimate of drug-likeness (QED) is 0.466. The minimum absolute atomic E-state index is 0.304. The average Bonchev–Trinajstić information content (AvgIpc) is 2.16. The van der Waals surface area contributed by atoms with Gasteiger partial charge in [0.15, 0.2) is 6.61 Å². The number of unbranched alkanes of at least 4 members (excludes halogenated alkanes) is 1. The van der Waals surface area contributed by atoms with Crippen LogP contribution in [0.1, 0.15) is 19.3 Å². The number of rotatable bonds is 7. The summed E-state index contributed by atoms with van der Waals surface area (Å²) in [5.74, 6) is -1.91. The van der Waals surface area contributed by atoms with Crippen LogP contribution in [-0.4, -0.2) is 36.2 Å². The molecule has 0 aliphatic rings. The van der Waals surface area contributed by atoms with Gasteiger partial charge in [0, 0.05) is 0 Å². The molecule has 6 heteroatoms. The van der Waals surface area contributed by atoms with Crippen molar-refractivity contribution in [2.24, 2.45) is 5.73 Å². The molecule has 0 saturated carbocycles. The van der Waals surface area contributed by atoms with E-state index in [0.29, 0.717) is 25.8 Å². The zero-order valence-corrected chi connectivity index (χ0v) is 7.86. The van der Waals surface area contributed by atoms with E-state index in [1.807, 2.05) is 0 Å². The zero-order chi connectivity index (χ0) is 11.0. The Morgan fingerprint density at radius 1 is 1.36 bits per heavy atom. The van der Waals surface area contributed by atoms with Crippen molar-refractivity contribution in [1.29, 1.82) is 0 Å². The second-order valence-corrected chi connectivity index (χ2v) is 2.89. The van der Waals surface area contributed by atoms with Crippen LogP contribution in [0.25, 0.3) is 0 Å². The van der Waals surface area contributed by atoms with Crippen molar-refractivity contribution >= 4 is 11.9 Å². The van der Waals surface area contributed by atoms with Gasteiger partial charge in [0.1, 0.15) is 6.04 Å². The Kier molecular flexibility index (Phi) is 6.69. The molecule has 0 saturated heterocycles. The van der Waals surface area contributed by atoms with Crippen molar-refractivity contribution in [3.63, 3.8) is 0 Å². The Bertz CT molecular complexity index is 196. The second kappa shape index (κ2) is 7.28. The fourth-order valence-corrected chi connectivity index (χ4v) is 0.986. The minimum atomic E-state index is -1.12. The Balaban J connectivity index is 3.90. The average molecular weight is 203 g/mol. The topological polar surface area (TPSA) is 112 Å². The number of nitrogens with two attached hydrogens (primary N) is 1. The van der Waals surface area contributed by atoms with Gasteiger partial charge in [-0.3, -0.25) is 4.79 Å². The first-order valence-electron chi connectivity index (χ1n) is 4.42. The number of nitrogens with one attached hydrogen (secondary N) is 1. The molecule has 6 nitrogen and oxygen atoms in total. The smallest absolute Gasteiger partial charge is 0.326 e. The monoisotopic (exact) mass is 203 g/mol. The van der Waals surface area contributed by atoms with E-state index in [1.165, 1.54) is 0 Å². The summed E-state index contributed by atoms with van der Waals surface area (Å²) in [6, 6.07) is -0.969. The Morgan fingerprint density at radius 3 is 2.43 bits per heavy atom. The van der Waals surface area contributed by atoms with E-state index >= 15 is 0 Å². The first kappa shape index (κ1) is 12.9. The highest BCUT2D eigenvalue weighted by Gasteiger charge is 2.18. The van der Waals surface area contributed by atoms with Crippen LogP contribution in [0, 0.1) is 0 Å². The molecule has 81 valence electrons. The van der Waals surface area contributed by atoms with E-state index in [4.69, 9.17) is 10.8 Å². The molecule has 14 heavy (non-hydrogen) atoms. The molecule has 0 aliphatic heterocycles. The molecule has 0 aromatic carbocycles. The lowest BCUT2D eigenvalue weighted by atomic mass is 10.1. The Morgan fingerprint density at radius 2 is 2.00 bits per heavy atom. The van der Waals surface area contributed by atoms with Crippen LogP contribution in [0.15, 0.2) is 0 Å². The number of carbonyl (C=O) groups excluding carboxylic acids is 1. The number of hydrogen-bond acceptors (Lipinski definition) is 3. The molecule has 0 unspecified atom stereocenters. The van der Waals surface area contributed by atoms with E-state index in [-0.39, 0.29) is 0 Å². The van der Waals surface area contributed by atoms with Gasteiger partial charge in [-0.25, -0.2) is 9.90 Å². The largest absolute Gasteiger partial charge is 0.480 e. The van der Waals surface area contributed by atoms with Gasteiger partial charge >= 0.3 is 5.97 Å². The van der Waals surface area contributed by atoms with Gasteiger partial charge in [-0.15, -0.1) is 0 Å². The summed E-state index contributed by atoms with van der Waals surface area (Å²) in [4.78, 5) is 21.2. The molecule has 0 aromatic rings. The van der Waals surface area contributed by atoms with E-state index in [2.05, 4.69) is 5.32 Å². The summed E-state index contributed by atoms with van der Waals surface area (Å²) < 4.78 is 0. The molecule has 0 heterocycles. The van der Waals surface area contributed by atoms with Crippen molar-refractivity contribution < 1.29 is 19.8 Å². The van der Waals surface area contributed by atoms with Crippen LogP contribution in [0.5, 0.6) is 0 Å². The van der Waals surface area contributed by atoms with Crippen molar-refractivity contribution in [3.05, 3.63) is 0 Å². The third-order valence-electron chi connectivity index (χ3n) is 1.71. The second-order valence-electron chi connectivity index (χ2n) is 2.89. The molecule has 0 aliphatic carbocycles. The van der Waals surface area contributed by atoms with E-state index < -0.39 is 24.5 Å². The number of carbonyl (C=O) groups is 2. The molecule has 0 aromatic heterocycles. The molecule has 0 bridgehead atoms. The third-order valence-corrected chi connectivity index (χ3v) is 1.71. The third kappa shape index (κ3) is 5.50. The maximum atomic E-state index is 10.6. The van der Waals surface area contributed by atoms with Crippen molar-refractivity contribution in [1.82, 2.24) is 5.32 Å². The Labute approximate surface area is 82.1 Å². The molecule has 0 fully saturated rings. The number of aliphatic carboxylic acids is 1. The van der Waals surface area contributed by atoms with Gasteiger partial charge in [-0.1, -0.05) is 0 Å². The fraction of sp³-hybridized carbons (Fsp3) is 0.750. The molecule has 0 rings (SSSR count). The van der Waals surface area contributed by atoms with Crippen LogP contribution in [0.3, 0.4) is 0 Å². The predicted octanol–water partition coefficient (Wildman–Crippen LogP) is -0.885. The first-order valence-corrected chi connectivity index (χ1v) is 4.42. The van der Waals surface area contributed by atoms with Crippen molar-refractivity contribution in [2.45, 2.75) is 25.3 Å². The van der Waals surface area contributed by atoms with E-state index in [1.54, 1.807) is 0 Å². The standard InChI is InChI=1S/C8H15N2O4/c9-4-2-1-3-6(8(13)14)10-7(12)5-11/h6H,1-5,9H2,(H,10,12)(H,13,14)/t6-/m0/s1. The molecular weight excluding hydrogens is 188 g/mol. The first-order chi connectivity index (χ1) is 6.61. The maximum absolute atomic E-state index is 10.6. The maximum Gasteiger partial charge on any atom is 0.326 e. The lowest BCUT2D eigenvalue weighted by Crippen LogP contribution is -2.41. The Hall–Kier alpha value is -1.14. The van der Waals surface area contributed by atoms with Crippen LogP contribution < -0.4 is 11.1 Å². The van der Waals surface area contributed by atoms with Crippen LogP contribution in [0.2, 0.25) is 0 Å². The summed E-state index contributed by atoms with van der Waals surface area (Å²) in [7, 11) is 0. The summed E-state index contributed by atoms with van der Waals surface area (Å²) in [6.07, 6.45) is 1.63. The number of hydrogen-bond donors (Lipinski definition) is 3. The zero-order valence-electron chi connectivity index (χ0n) is 7.86. The van der Waals surface area contributed by atoms with Crippen LogP contribution in [-0.2, 0) is 14.7 Å². The summed E-state index contributed by atoms with van der Waals surface area (Å²) in [5, 5.41) is 20.9. The van der Waals surface area contributed by atoms with Gasteiger partial charge in [0.05, 0.1) is 0 Å². The highest BCUT2D eigenvalue weighted by Crippen LogP contribution is 2.00. The number of amides is 1. The van der Waals surface area contributed by atoms with Gasteiger partial charge in [-0.2, -0.15) is 0 Å². The molecule has 0 spiro atoms. The SMILES string of the molecule is NCCCC[C@H](NC(=O)C[O])C(=O)O. The van der Waals surface area contributed by atoms with Crippen molar-refractivity contribution in [3.8, 4) is 0 Å².